The highest BCUT2D eigenvalue weighted by molar-refractivity contribution is 6.33. The molecular weight excluding hydrogens is 223 g/mol. The van der Waals surface area contributed by atoms with Gasteiger partial charge < -0.3 is 5.73 Å². The predicted molar refractivity (Wildman–Crippen MR) is 54.9 cm³/mol. The monoisotopic (exact) mass is 232 g/mol. The molecule has 0 unspecified atom stereocenters. The molecule has 0 radical (unpaired) electrons. The van der Waals surface area contributed by atoms with Crippen molar-refractivity contribution < 1.29 is 14.0 Å². The highest BCUT2D eigenvalue weighted by atomic mass is 35.5. The maximum absolute atomic E-state index is 12.9. The van der Waals surface area contributed by atoms with Gasteiger partial charge >= 0.3 is 0 Å². The summed E-state index contributed by atoms with van der Waals surface area (Å²) in [6.07, 6.45) is 0. The van der Waals surface area contributed by atoms with Crippen molar-refractivity contribution >= 4 is 23.2 Å². The summed E-state index contributed by atoms with van der Waals surface area (Å²) in [7, 11) is 2.75. The Morgan fingerprint density at radius 3 is 2.73 bits per heavy atom. The van der Waals surface area contributed by atoms with Crippen LogP contribution in [0.2, 0.25) is 5.02 Å². The summed E-state index contributed by atoms with van der Waals surface area (Å²) in [4.78, 5) is 16.3. The Hall–Kier alpha value is -1.33. The van der Waals surface area contributed by atoms with Crippen LogP contribution in [-0.4, -0.2) is 25.1 Å². The minimum Gasteiger partial charge on any atom is -0.396 e. The summed E-state index contributed by atoms with van der Waals surface area (Å²) >= 11 is 5.70. The zero-order valence-corrected chi connectivity index (χ0v) is 9.01. The number of carbonyl (C=O) groups excluding carboxylic acids is 1. The molecule has 0 fully saturated rings. The van der Waals surface area contributed by atoms with Crippen molar-refractivity contribution in [3.63, 3.8) is 0 Å². The van der Waals surface area contributed by atoms with Crippen LogP contribution in [0.4, 0.5) is 10.1 Å². The standard InChI is InChI=1S/C9H10ClFN2O2/c1-13(15-2)9(14)5-3-8(12)7(11)4-6(5)10/h3-4H,12H2,1-2H3. The lowest BCUT2D eigenvalue weighted by molar-refractivity contribution is -0.0756. The second-order valence-corrected chi connectivity index (χ2v) is 3.25. The third kappa shape index (κ3) is 2.37. The second kappa shape index (κ2) is 4.46. The van der Waals surface area contributed by atoms with E-state index in [9.17, 15) is 9.18 Å². The first-order valence-corrected chi connectivity index (χ1v) is 4.42. The zero-order chi connectivity index (χ0) is 11.6. The molecule has 0 saturated carbocycles. The molecule has 1 rings (SSSR count). The van der Waals surface area contributed by atoms with Crippen molar-refractivity contribution in [3.8, 4) is 0 Å². The molecule has 0 heterocycles. The summed E-state index contributed by atoms with van der Waals surface area (Å²) in [5.74, 6) is -1.15. The SMILES string of the molecule is CON(C)C(=O)c1cc(N)c(F)cc1Cl. The first-order valence-electron chi connectivity index (χ1n) is 4.04. The predicted octanol–water partition coefficient (Wildman–Crippen LogP) is 1.69. The molecule has 4 nitrogen and oxygen atoms in total. The number of amides is 1. The van der Waals surface area contributed by atoms with Crippen molar-refractivity contribution in [2.45, 2.75) is 0 Å². The van der Waals surface area contributed by atoms with Gasteiger partial charge in [0.1, 0.15) is 5.82 Å². The van der Waals surface area contributed by atoms with Gasteiger partial charge in [-0.05, 0) is 12.1 Å². The van der Waals surface area contributed by atoms with Crippen LogP contribution in [0.3, 0.4) is 0 Å². The minimum absolute atomic E-state index is 0.00407. The van der Waals surface area contributed by atoms with Crippen LogP contribution in [0.15, 0.2) is 12.1 Å². The van der Waals surface area contributed by atoms with Gasteiger partial charge in [-0.15, -0.1) is 0 Å². The lowest BCUT2D eigenvalue weighted by Crippen LogP contribution is -2.25. The number of anilines is 1. The molecule has 0 aliphatic carbocycles. The zero-order valence-electron chi connectivity index (χ0n) is 8.25. The number of nitrogen functional groups attached to an aromatic ring is 1. The van der Waals surface area contributed by atoms with Gasteiger partial charge in [-0.2, -0.15) is 0 Å². The van der Waals surface area contributed by atoms with E-state index in [4.69, 9.17) is 17.3 Å². The van der Waals surface area contributed by atoms with Gasteiger partial charge in [0.25, 0.3) is 5.91 Å². The van der Waals surface area contributed by atoms with E-state index in [1.807, 2.05) is 0 Å². The van der Waals surface area contributed by atoms with Crippen molar-refractivity contribution in [1.82, 2.24) is 5.06 Å². The second-order valence-electron chi connectivity index (χ2n) is 2.84. The molecule has 1 aromatic carbocycles. The summed E-state index contributed by atoms with van der Waals surface area (Å²) in [5.41, 5.74) is 5.29. The maximum atomic E-state index is 12.9. The van der Waals surface area contributed by atoms with Gasteiger partial charge in [0, 0.05) is 7.05 Å². The van der Waals surface area contributed by atoms with Crippen molar-refractivity contribution in [3.05, 3.63) is 28.5 Å². The Kier molecular flexibility index (Phi) is 3.49. The van der Waals surface area contributed by atoms with E-state index < -0.39 is 11.7 Å². The molecule has 0 atom stereocenters. The number of halogens is 2. The maximum Gasteiger partial charge on any atom is 0.278 e. The number of carbonyl (C=O) groups is 1. The quantitative estimate of drug-likeness (QED) is 0.624. The van der Waals surface area contributed by atoms with Crippen LogP contribution in [-0.2, 0) is 4.84 Å². The highest BCUT2D eigenvalue weighted by Gasteiger charge is 2.17. The number of hydroxylamine groups is 2. The van der Waals surface area contributed by atoms with Crippen LogP contribution in [0.1, 0.15) is 10.4 Å². The van der Waals surface area contributed by atoms with Crippen LogP contribution < -0.4 is 5.73 Å². The van der Waals surface area contributed by atoms with E-state index in [0.717, 1.165) is 11.1 Å². The largest absolute Gasteiger partial charge is 0.396 e. The summed E-state index contributed by atoms with van der Waals surface area (Å²) in [6, 6.07) is 2.17. The number of nitrogens with two attached hydrogens (primary N) is 1. The highest BCUT2D eigenvalue weighted by Crippen LogP contribution is 2.23. The van der Waals surface area contributed by atoms with Gasteiger partial charge in [0.05, 0.1) is 23.4 Å². The summed E-state index contributed by atoms with van der Waals surface area (Å²) in [5, 5.41) is 0.967. The fraction of sp³-hybridized carbons (Fsp3) is 0.222. The first-order chi connectivity index (χ1) is 6.97. The number of rotatable bonds is 2. The first kappa shape index (κ1) is 11.7. The van der Waals surface area contributed by atoms with Gasteiger partial charge in [0.15, 0.2) is 0 Å². The van der Waals surface area contributed by atoms with E-state index in [1.54, 1.807) is 0 Å². The topological polar surface area (TPSA) is 55.6 Å². The third-order valence-electron chi connectivity index (χ3n) is 1.88. The molecule has 2 N–H and O–H groups in total. The Morgan fingerprint density at radius 2 is 2.20 bits per heavy atom. The fourth-order valence-electron chi connectivity index (χ4n) is 0.982. The fourth-order valence-corrected chi connectivity index (χ4v) is 1.21. The van der Waals surface area contributed by atoms with E-state index >= 15 is 0 Å². The van der Waals surface area contributed by atoms with Gasteiger partial charge in [-0.3, -0.25) is 9.63 Å². The molecule has 0 aromatic heterocycles. The van der Waals surface area contributed by atoms with Crippen molar-refractivity contribution in [1.29, 1.82) is 0 Å². The molecule has 1 aromatic rings. The Bertz CT molecular complexity index is 398. The smallest absolute Gasteiger partial charge is 0.278 e. The summed E-state index contributed by atoms with van der Waals surface area (Å²) < 4.78 is 12.9. The van der Waals surface area contributed by atoms with Gasteiger partial charge in [-0.1, -0.05) is 11.6 Å². The number of hydrogen-bond donors (Lipinski definition) is 1. The Morgan fingerprint density at radius 1 is 1.60 bits per heavy atom. The normalized spacial score (nSPS) is 10.1. The van der Waals surface area contributed by atoms with E-state index in [-0.39, 0.29) is 16.3 Å². The molecule has 82 valence electrons. The van der Waals surface area contributed by atoms with E-state index in [1.165, 1.54) is 20.2 Å². The van der Waals surface area contributed by atoms with Crippen LogP contribution in [0, 0.1) is 5.82 Å². The minimum atomic E-state index is -0.656. The van der Waals surface area contributed by atoms with Gasteiger partial charge in [-0.25, -0.2) is 9.45 Å². The van der Waals surface area contributed by atoms with E-state index in [2.05, 4.69) is 4.84 Å². The number of benzene rings is 1. The molecule has 15 heavy (non-hydrogen) atoms. The lowest BCUT2D eigenvalue weighted by Gasteiger charge is -2.14. The molecule has 0 aliphatic rings. The molecular formula is C9H10ClFN2O2. The summed E-state index contributed by atoms with van der Waals surface area (Å²) in [6.45, 7) is 0. The van der Waals surface area contributed by atoms with Crippen LogP contribution >= 0.6 is 11.6 Å². The third-order valence-corrected chi connectivity index (χ3v) is 2.19. The van der Waals surface area contributed by atoms with Crippen LogP contribution in [0.5, 0.6) is 0 Å². The average molecular weight is 233 g/mol. The van der Waals surface area contributed by atoms with Gasteiger partial charge in [0.2, 0.25) is 0 Å². The van der Waals surface area contributed by atoms with Crippen LogP contribution in [0.25, 0.3) is 0 Å². The molecule has 0 spiro atoms. The molecule has 1 amide bonds. The van der Waals surface area contributed by atoms with Crippen molar-refractivity contribution in [2.24, 2.45) is 0 Å². The molecule has 0 bridgehead atoms. The average Bonchev–Trinajstić information content (AvgIpc) is 2.21. The molecule has 0 saturated heterocycles. The number of nitrogens with zero attached hydrogens (tertiary/aromatic N) is 1. The Balaban J connectivity index is 3.15. The molecule has 6 heteroatoms. The Labute approximate surface area is 91.3 Å². The van der Waals surface area contributed by atoms with E-state index in [0.29, 0.717) is 0 Å². The number of hydrogen-bond acceptors (Lipinski definition) is 3. The van der Waals surface area contributed by atoms with Crippen molar-refractivity contribution in [2.75, 3.05) is 19.9 Å². The lowest BCUT2D eigenvalue weighted by atomic mass is 10.2. The molecule has 0 aliphatic heterocycles.